The summed E-state index contributed by atoms with van der Waals surface area (Å²) < 4.78 is 28.7. The molecule has 0 spiro atoms. The highest BCUT2D eigenvalue weighted by atomic mass is 19.3. The van der Waals surface area contributed by atoms with Crippen molar-refractivity contribution in [1.29, 1.82) is 0 Å². The molecule has 0 rings (SSSR count). The van der Waals surface area contributed by atoms with Crippen LogP contribution in [0.25, 0.3) is 0 Å². The third-order valence-corrected chi connectivity index (χ3v) is 1.05. The Morgan fingerprint density at radius 1 is 1.46 bits per heavy atom. The van der Waals surface area contributed by atoms with E-state index in [0.29, 0.717) is 0 Å². The maximum atomic E-state index is 12.3. The Balaban J connectivity index is 3.57. The number of alkyl halides is 2. The van der Waals surface area contributed by atoms with Gasteiger partial charge in [-0.05, 0) is 0 Å². The van der Waals surface area contributed by atoms with E-state index in [0.717, 1.165) is 0 Å². The average Bonchev–Trinajstić information content (AvgIpc) is 2.11. The van der Waals surface area contributed by atoms with Crippen LogP contribution in [0.5, 0.6) is 0 Å². The first-order chi connectivity index (χ1) is 6.02. The number of carbonyl (C=O) groups excluding carboxylic acids is 1. The molecule has 0 atom stereocenters. The second kappa shape index (κ2) is 5.65. The Bertz CT molecular complexity index is 165. The fourth-order valence-corrected chi connectivity index (χ4v) is 0.447. The summed E-state index contributed by atoms with van der Waals surface area (Å²) in [5.41, 5.74) is 0. The highest BCUT2D eigenvalue weighted by Crippen LogP contribution is 2.09. The van der Waals surface area contributed by atoms with E-state index >= 15 is 0 Å². The largest absolute Gasteiger partial charge is 0.447 e. The van der Waals surface area contributed by atoms with Gasteiger partial charge < -0.3 is 20.3 Å². The van der Waals surface area contributed by atoms with Crippen LogP contribution in [0, 0.1) is 0 Å². The van der Waals surface area contributed by atoms with Crippen LogP contribution >= 0.6 is 0 Å². The lowest BCUT2D eigenvalue weighted by Crippen LogP contribution is -2.39. The lowest BCUT2D eigenvalue weighted by Gasteiger charge is -2.13. The summed E-state index contributed by atoms with van der Waals surface area (Å²) in [5.74, 6) is -3.35. The first kappa shape index (κ1) is 12.0. The van der Waals surface area contributed by atoms with Crippen molar-refractivity contribution in [2.45, 2.75) is 5.92 Å². The van der Waals surface area contributed by atoms with Crippen LogP contribution in [0.4, 0.5) is 13.6 Å². The lowest BCUT2D eigenvalue weighted by atomic mass is 10.3. The average molecular weight is 199 g/mol. The summed E-state index contributed by atoms with van der Waals surface area (Å²) in [4.78, 5) is 10.5. The predicted molar refractivity (Wildman–Crippen MR) is 38.5 cm³/mol. The van der Waals surface area contributed by atoms with Crippen molar-refractivity contribution in [3.8, 4) is 0 Å². The monoisotopic (exact) mass is 199 g/mol. The van der Waals surface area contributed by atoms with Gasteiger partial charge >= 0.3 is 6.09 Å². The zero-order chi connectivity index (χ0) is 10.3. The zero-order valence-electron chi connectivity index (χ0n) is 6.80. The quantitative estimate of drug-likeness (QED) is 0.548. The molecule has 0 saturated heterocycles. The Morgan fingerprint density at radius 3 is 2.54 bits per heavy atom. The van der Waals surface area contributed by atoms with Gasteiger partial charge in [0.25, 0.3) is 5.92 Å². The number of hydrogen-bond acceptors (Lipinski definition) is 4. The number of rotatable bonds is 5. The highest BCUT2D eigenvalue weighted by Gasteiger charge is 2.28. The topological polar surface area (TPSA) is 78.8 Å². The van der Waals surface area contributed by atoms with Gasteiger partial charge in [-0.2, -0.15) is 0 Å². The normalized spacial score (nSPS) is 11.1. The molecule has 0 bridgehead atoms. The van der Waals surface area contributed by atoms with E-state index in [1.54, 1.807) is 5.32 Å². The number of aliphatic hydroxyl groups is 2. The first-order valence-electron chi connectivity index (χ1n) is 3.52. The van der Waals surface area contributed by atoms with Crippen LogP contribution in [0.1, 0.15) is 0 Å². The third kappa shape index (κ3) is 6.23. The Morgan fingerprint density at radius 2 is 2.08 bits per heavy atom. The van der Waals surface area contributed by atoms with Crippen molar-refractivity contribution in [3.05, 3.63) is 0 Å². The second-order valence-corrected chi connectivity index (χ2v) is 2.23. The summed E-state index contributed by atoms with van der Waals surface area (Å²) in [6.07, 6.45) is -1.05. The van der Waals surface area contributed by atoms with Gasteiger partial charge in [-0.3, -0.25) is 0 Å². The molecule has 0 radical (unpaired) electrons. The molecule has 0 aromatic heterocycles. The Kier molecular flexibility index (Phi) is 5.24. The molecule has 0 aromatic rings. The maximum absolute atomic E-state index is 12.3. The molecule has 5 nitrogen and oxygen atoms in total. The van der Waals surface area contributed by atoms with Crippen molar-refractivity contribution >= 4 is 6.09 Å². The fourth-order valence-electron chi connectivity index (χ4n) is 0.447. The summed E-state index contributed by atoms with van der Waals surface area (Å²) in [6.45, 7) is -2.96. The molecule has 3 N–H and O–H groups in total. The zero-order valence-corrected chi connectivity index (χ0v) is 6.80. The minimum absolute atomic E-state index is 0.253. The van der Waals surface area contributed by atoms with Crippen LogP contribution in [-0.4, -0.2) is 48.6 Å². The van der Waals surface area contributed by atoms with Gasteiger partial charge in [-0.25, -0.2) is 13.6 Å². The van der Waals surface area contributed by atoms with Crippen LogP contribution in [0.15, 0.2) is 0 Å². The molecular weight excluding hydrogens is 188 g/mol. The molecular formula is C6H11F2NO4. The number of carbonyl (C=O) groups is 1. The smallest absolute Gasteiger partial charge is 0.407 e. The van der Waals surface area contributed by atoms with Gasteiger partial charge in [0.2, 0.25) is 0 Å². The van der Waals surface area contributed by atoms with E-state index in [-0.39, 0.29) is 13.2 Å². The molecule has 0 aliphatic rings. The molecule has 1 amide bonds. The number of hydrogen-bond donors (Lipinski definition) is 3. The molecule has 78 valence electrons. The van der Waals surface area contributed by atoms with Crippen LogP contribution in [0.3, 0.4) is 0 Å². The van der Waals surface area contributed by atoms with Crippen molar-refractivity contribution in [2.75, 3.05) is 26.4 Å². The molecule has 0 aliphatic carbocycles. The minimum atomic E-state index is -3.35. The van der Waals surface area contributed by atoms with E-state index in [4.69, 9.17) is 10.2 Å². The number of alkyl carbamates (subject to hydrolysis) is 1. The molecule has 13 heavy (non-hydrogen) atoms. The highest BCUT2D eigenvalue weighted by molar-refractivity contribution is 5.67. The van der Waals surface area contributed by atoms with Gasteiger partial charge in [-0.1, -0.05) is 0 Å². The fraction of sp³-hybridized carbons (Fsp3) is 0.833. The number of ether oxygens (including phenoxy) is 1. The molecule has 0 unspecified atom stereocenters. The van der Waals surface area contributed by atoms with Crippen molar-refractivity contribution in [2.24, 2.45) is 0 Å². The molecule has 0 fully saturated rings. The van der Waals surface area contributed by atoms with Crippen LogP contribution in [0.2, 0.25) is 0 Å². The molecule has 0 heterocycles. The van der Waals surface area contributed by atoms with Crippen LogP contribution < -0.4 is 5.32 Å². The van der Waals surface area contributed by atoms with Crippen molar-refractivity contribution in [3.63, 3.8) is 0 Å². The second-order valence-electron chi connectivity index (χ2n) is 2.23. The first-order valence-corrected chi connectivity index (χ1v) is 3.52. The standard InChI is InChI=1S/C6H11F2NO4/c7-6(8,4-11)3-9-5(12)13-2-1-10/h10-11H,1-4H2,(H,9,12). The number of nitrogens with one attached hydrogen (secondary N) is 1. The Labute approximate surface area is 73.3 Å². The van der Waals surface area contributed by atoms with Crippen molar-refractivity contribution in [1.82, 2.24) is 5.32 Å². The van der Waals surface area contributed by atoms with Crippen molar-refractivity contribution < 1.29 is 28.5 Å². The summed E-state index contributed by atoms with van der Waals surface area (Å²) in [5, 5.41) is 18.0. The van der Waals surface area contributed by atoms with Gasteiger partial charge in [0, 0.05) is 0 Å². The van der Waals surface area contributed by atoms with Gasteiger partial charge in [0.05, 0.1) is 13.2 Å². The predicted octanol–water partition coefficient (Wildman–Crippen LogP) is -0.667. The van der Waals surface area contributed by atoms with E-state index in [1.807, 2.05) is 0 Å². The molecule has 0 saturated carbocycles. The molecule has 0 aliphatic heterocycles. The molecule has 7 heteroatoms. The van der Waals surface area contributed by atoms with Gasteiger partial charge in [0.15, 0.2) is 0 Å². The van der Waals surface area contributed by atoms with Gasteiger partial charge in [-0.15, -0.1) is 0 Å². The van der Waals surface area contributed by atoms with Gasteiger partial charge in [0.1, 0.15) is 13.2 Å². The van der Waals surface area contributed by atoms with E-state index < -0.39 is 25.2 Å². The number of amides is 1. The van der Waals surface area contributed by atoms with E-state index in [9.17, 15) is 13.6 Å². The lowest BCUT2D eigenvalue weighted by molar-refractivity contribution is -0.0471. The number of halogens is 2. The van der Waals surface area contributed by atoms with Crippen LogP contribution in [-0.2, 0) is 4.74 Å². The summed E-state index contributed by atoms with van der Waals surface area (Å²) >= 11 is 0. The minimum Gasteiger partial charge on any atom is -0.447 e. The number of aliphatic hydroxyl groups excluding tert-OH is 2. The van der Waals surface area contributed by atoms with E-state index in [1.165, 1.54) is 0 Å². The molecule has 0 aromatic carbocycles. The third-order valence-electron chi connectivity index (χ3n) is 1.05. The summed E-state index contributed by atoms with van der Waals surface area (Å²) in [6, 6.07) is 0. The Hall–Kier alpha value is -0.950. The van der Waals surface area contributed by atoms with E-state index in [2.05, 4.69) is 4.74 Å². The SMILES string of the molecule is O=C(NCC(F)(F)CO)OCCO. The maximum Gasteiger partial charge on any atom is 0.407 e. The summed E-state index contributed by atoms with van der Waals surface area (Å²) in [7, 11) is 0.